The van der Waals surface area contributed by atoms with Gasteiger partial charge in [0.1, 0.15) is 17.5 Å². The van der Waals surface area contributed by atoms with Crippen LogP contribution in [-0.4, -0.2) is 43.0 Å². The van der Waals surface area contributed by atoms with Crippen LogP contribution in [-0.2, 0) is 16.1 Å². The SMILES string of the molecule is COc1cc(NC(=O)CC[C@H]2NC(=O)N(Cc3ccccc3)C2=O)cc(OC)c1. The molecule has 2 N–H and O–H groups in total. The Kier molecular flexibility index (Phi) is 6.33. The number of carbonyl (C=O) groups excluding carboxylic acids is 3. The number of hydrogen-bond acceptors (Lipinski definition) is 5. The smallest absolute Gasteiger partial charge is 0.325 e. The van der Waals surface area contributed by atoms with Crippen LogP contribution in [0.5, 0.6) is 11.5 Å². The standard InChI is InChI=1S/C21H23N3O5/c1-28-16-10-15(11-17(12-16)29-2)22-19(25)9-8-18-20(26)24(21(27)23-18)13-14-6-4-3-5-7-14/h3-7,10-12,18H,8-9,13H2,1-2H3,(H,22,25)(H,23,27)/t18-/m1/s1. The third-order valence-corrected chi connectivity index (χ3v) is 4.59. The lowest BCUT2D eigenvalue weighted by Gasteiger charge is -2.13. The van der Waals surface area contributed by atoms with E-state index in [1.54, 1.807) is 18.2 Å². The monoisotopic (exact) mass is 397 g/mol. The van der Waals surface area contributed by atoms with Gasteiger partial charge in [0.05, 0.1) is 20.8 Å². The second-order valence-corrected chi connectivity index (χ2v) is 6.60. The first-order valence-electron chi connectivity index (χ1n) is 9.19. The Morgan fingerprint density at radius 1 is 1.07 bits per heavy atom. The molecule has 8 heteroatoms. The van der Waals surface area contributed by atoms with Gasteiger partial charge in [-0.05, 0) is 12.0 Å². The fourth-order valence-corrected chi connectivity index (χ4v) is 3.07. The van der Waals surface area contributed by atoms with E-state index in [0.717, 1.165) is 5.56 Å². The minimum Gasteiger partial charge on any atom is -0.497 e. The molecule has 29 heavy (non-hydrogen) atoms. The van der Waals surface area contributed by atoms with E-state index in [-0.39, 0.29) is 31.2 Å². The summed E-state index contributed by atoms with van der Waals surface area (Å²) in [6.07, 6.45) is 0.290. The summed E-state index contributed by atoms with van der Waals surface area (Å²) in [6.45, 7) is 0.206. The van der Waals surface area contributed by atoms with Crippen molar-refractivity contribution in [2.24, 2.45) is 0 Å². The van der Waals surface area contributed by atoms with Crippen LogP contribution in [0.4, 0.5) is 10.5 Å². The first-order chi connectivity index (χ1) is 14.0. The molecule has 152 valence electrons. The molecule has 0 bridgehead atoms. The molecule has 3 rings (SSSR count). The zero-order chi connectivity index (χ0) is 20.8. The first-order valence-corrected chi connectivity index (χ1v) is 9.19. The second kappa shape index (κ2) is 9.09. The van der Waals surface area contributed by atoms with Crippen molar-refractivity contribution >= 4 is 23.5 Å². The number of rotatable bonds is 8. The first kappa shape index (κ1) is 20.2. The van der Waals surface area contributed by atoms with E-state index in [0.29, 0.717) is 17.2 Å². The molecule has 1 atom stereocenters. The molecule has 0 unspecified atom stereocenters. The van der Waals surface area contributed by atoms with E-state index in [4.69, 9.17) is 9.47 Å². The summed E-state index contributed by atoms with van der Waals surface area (Å²) in [6, 6.07) is 13.2. The van der Waals surface area contributed by atoms with Crippen molar-refractivity contribution in [3.63, 3.8) is 0 Å². The summed E-state index contributed by atoms with van der Waals surface area (Å²) in [7, 11) is 3.05. The molecular weight excluding hydrogens is 374 g/mol. The molecule has 1 aliphatic rings. The average Bonchev–Trinajstić information content (AvgIpc) is 3.00. The summed E-state index contributed by atoms with van der Waals surface area (Å²) in [5.41, 5.74) is 1.39. The van der Waals surface area contributed by atoms with Gasteiger partial charge in [-0.15, -0.1) is 0 Å². The zero-order valence-electron chi connectivity index (χ0n) is 16.3. The highest BCUT2D eigenvalue weighted by Crippen LogP contribution is 2.26. The molecule has 1 heterocycles. The number of hydrogen-bond donors (Lipinski definition) is 2. The van der Waals surface area contributed by atoms with Gasteiger partial charge in [0.2, 0.25) is 5.91 Å². The number of urea groups is 1. The highest BCUT2D eigenvalue weighted by atomic mass is 16.5. The predicted molar refractivity (Wildman–Crippen MR) is 107 cm³/mol. The molecule has 1 fully saturated rings. The Morgan fingerprint density at radius 3 is 2.34 bits per heavy atom. The second-order valence-electron chi connectivity index (χ2n) is 6.60. The van der Waals surface area contributed by atoms with Gasteiger partial charge in [-0.25, -0.2) is 4.79 Å². The van der Waals surface area contributed by atoms with Gasteiger partial charge in [-0.1, -0.05) is 30.3 Å². The molecule has 8 nitrogen and oxygen atoms in total. The van der Waals surface area contributed by atoms with Gasteiger partial charge in [-0.2, -0.15) is 0 Å². The van der Waals surface area contributed by atoms with Crippen LogP contribution in [0.25, 0.3) is 0 Å². The summed E-state index contributed by atoms with van der Waals surface area (Å²) in [5.74, 6) is 0.502. The number of carbonyl (C=O) groups is 3. The number of imide groups is 1. The third kappa shape index (κ3) is 5.04. The lowest BCUT2D eigenvalue weighted by Crippen LogP contribution is -2.31. The lowest BCUT2D eigenvalue weighted by atomic mass is 10.1. The van der Waals surface area contributed by atoms with Gasteiger partial charge >= 0.3 is 6.03 Å². The average molecular weight is 397 g/mol. The minimum absolute atomic E-state index is 0.0788. The lowest BCUT2D eigenvalue weighted by molar-refractivity contribution is -0.128. The maximum Gasteiger partial charge on any atom is 0.325 e. The van der Waals surface area contributed by atoms with Gasteiger partial charge in [0.25, 0.3) is 5.91 Å². The molecule has 1 aliphatic heterocycles. The van der Waals surface area contributed by atoms with Crippen molar-refractivity contribution in [2.45, 2.75) is 25.4 Å². The maximum atomic E-state index is 12.5. The van der Waals surface area contributed by atoms with Crippen molar-refractivity contribution < 1.29 is 23.9 Å². The van der Waals surface area contributed by atoms with Gasteiger partial charge in [0, 0.05) is 30.3 Å². The minimum atomic E-state index is -0.711. The number of nitrogens with one attached hydrogen (secondary N) is 2. The van der Waals surface area contributed by atoms with E-state index in [2.05, 4.69) is 10.6 Å². The van der Waals surface area contributed by atoms with Crippen LogP contribution in [0.1, 0.15) is 18.4 Å². The molecule has 0 radical (unpaired) electrons. The normalized spacial score (nSPS) is 15.8. The summed E-state index contributed by atoms with van der Waals surface area (Å²) >= 11 is 0. The van der Waals surface area contributed by atoms with E-state index in [9.17, 15) is 14.4 Å². The number of ether oxygens (including phenoxy) is 2. The van der Waals surface area contributed by atoms with Crippen LogP contribution >= 0.6 is 0 Å². The van der Waals surface area contributed by atoms with Crippen LogP contribution < -0.4 is 20.1 Å². The molecular formula is C21H23N3O5. The highest BCUT2D eigenvalue weighted by Gasteiger charge is 2.37. The van der Waals surface area contributed by atoms with Crippen molar-refractivity contribution in [1.29, 1.82) is 0 Å². The molecule has 2 aromatic carbocycles. The molecule has 4 amide bonds. The number of benzene rings is 2. The maximum absolute atomic E-state index is 12.5. The number of methoxy groups -OCH3 is 2. The quantitative estimate of drug-likeness (QED) is 0.667. The van der Waals surface area contributed by atoms with Crippen molar-refractivity contribution in [2.75, 3.05) is 19.5 Å². The Labute approximate surface area is 168 Å². The topological polar surface area (TPSA) is 97.0 Å². The highest BCUT2D eigenvalue weighted by molar-refractivity contribution is 6.04. The summed E-state index contributed by atoms with van der Waals surface area (Å²) in [4.78, 5) is 38.1. The fourth-order valence-electron chi connectivity index (χ4n) is 3.07. The number of amides is 4. The number of anilines is 1. The van der Waals surface area contributed by atoms with E-state index >= 15 is 0 Å². The molecule has 0 spiro atoms. The van der Waals surface area contributed by atoms with Crippen molar-refractivity contribution in [3.8, 4) is 11.5 Å². The van der Waals surface area contributed by atoms with Gasteiger partial charge < -0.3 is 20.1 Å². The van der Waals surface area contributed by atoms with Crippen LogP contribution in [0, 0.1) is 0 Å². The molecule has 0 saturated carbocycles. The summed E-state index contributed by atoms with van der Waals surface area (Å²) < 4.78 is 10.4. The largest absolute Gasteiger partial charge is 0.497 e. The molecule has 1 saturated heterocycles. The van der Waals surface area contributed by atoms with Crippen LogP contribution in [0.15, 0.2) is 48.5 Å². The van der Waals surface area contributed by atoms with E-state index in [1.807, 2.05) is 30.3 Å². The molecule has 0 aliphatic carbocycles. The fraction of sp³-hybridized carbons (Fsp3) is 0.286. The molecule has 0 aromatic heterocycles. The van der Waals surface area contributed by atoms with E-state index in [1.165, 1.54) is 19.1 Å². The Bertz CT molecular complexity index is 878. The molecule has 2 aromatic rings. The van der Waals surface area contributed by atoms with Crippen molar-refractivity contribution in [3.05, 3.63) is 54.1 Å². The third-order valence-electron chi connectivity index (χ3n) is 4.59. The van der Waals surface area contributed by atoms with Crippen LogP contribution in [0.2, 0.25) is 0 Å². The van der Waals surface area contributed by atoms with Gasteiger partial charge in [0.15, 0.2) is 0 Å². The zero-order valence-corrected chi connectivity index (χ0v) is 16.3. The van der Waals surface area contributed by atoms with E-state index < -0.39 is 12.1 Å². The van der Waals surface area contributed by atoms with Gasteiger partial charge in [-0.3, -0.25) is 14.5 Å². The Morgan fingerprint density at radius 2 is 1.72 bits per heavy atom. The van der Waals surface area contributed by atoms with Crippen LogP contribution in [0.3, 0.4) is 0 Å². The summed E-state index contributed by atoms with van der Waals surface area (Å²) in [5, 5.41) is 5.40. The number of nitrogens with zero attached hydrogens (tertiary/aromatic N) is 1. The Hall–Kier alpha value is -3.55. The predicted octanol–water partition coefficient (Wildman–Crippen LogP) is 2.54. The Balaban J connectivity index is 1.55. The van der Waals surface area contributed by atoms with Crippen molar-refractivity contribution in [1.82, 2.24) is 10.2 Å².